The van der Waals surface area contributed by atoms with Gasteiger partial charge in [0.1, 0.15) is 5.69 Å². The molecule has 4 nitrogen and oxygen atoms in total. The summed E-state index contributed by atoms with van der Waals surface area (Å²) in [5.41, 5.74) is 3.22. The van der Waals surface area contributed by atoms with Crippen LogP contribution in [0.5, 0.6) is 0 Å². The molecule has 0 aliphatic carbocycles. The van der Waals surface area contributed by atoms with E-state index >= 15 is 0 Å². The van der Waals surface area contributed by atoms with Gasteiger partial charge in [0.15, 0.2) is 0 Å². The molecule has 0 radical (unpaired) electrons. The lowest BCUT2D eigenvalue weighted by atomic mass is 10.1. The Morgan fingerprint density at radius 1 is 1.12 bits per heavy atom. The van der Waals surface area contributed by atoms with Gasteiger partial charge < -0.3 is 4.74 Å². The van der Waals surface area contributed by atoms with Gasteiger partial charge in [0.25, 0.3) is 0 Å². The quantitative estimate of drug-likeness (QED) is 0.606. The average molecular weight is 385 g/mol. The summed E-state index contributed by atoms with van der Waals surface area (Å²) in [6, 6.07) is 19.5. The Labute approximate surface area is 149 Å². The maximum Gasteiger partial charge on any atom is 0.356 e. The molecule has 1 aromatic heterocycles. The van der Waals surface area contributed by atoms with Crippen molar-refractivity contribution in [3.63, 3.8) is 0 Å². The highest BCUT2D eigenvalue weighted by molar-refractivity contribution is 9.10. The summed E-state index contributed by atoms with van der Waals surface area (Å²) in [5.74, 6) is -0.362. The normalized spacial score (nSPS) is 10.6. The van der Waals surface area contributed by atoms with Crippen LogP contribution in [0.15, 0.2) is 65.1 Å². The molecule has 5 heteroatoms. The highest BCUT2D eigenvalue weighted by atomic mass is 79.9. The van der Waals surface area contributed by atoms with Crippen LogP contribution in [-0.2, 0) is 11.3 Å². The molecular formula is C19H17BrN2O2. The predicted octanol–water partition coefficient (Wildman–Crippen LogP) is 4.54. The molecule has 0 unspecified atom stereocenters. The Morgan fingerprint density at radius 3 is 2.54 bits per heavy atom. The molecule has 0 saturated carbocycles. The zero-order valence-electron chi connectivity index (χ0n) is 13.3. The van der Waals surface area contributed by atoms with Crippen LogP contribution < -0.4 is 0 Å². The van der Waals surface area contributed by atoms with E-state index in [-0.39, 0.29) is 5.97 Å². The molecular weight excluding hydrogens is 368 g/mol. The fourth-order valence-electron chi connectivity index (χ4n) is 2.44. The zero-order chi connectivity index (χ0) is 16.9. The number of benzene rings is 2. The van der Waals surface area contributed by atoms with Gasteiger partial charge in [0.05, 0.1) is 18.8 Å². The first-order chi connectivity index (χ1) is 11.7. The van der Waals surface area contributed by atoms with Crippen LogP contribution in [0, 0.1) is 0 Å². The maximum atomic E-state index is 12.3. The number of aromatic nitrogens is 2. The Balaban J connectivity index is 2.01. The lowest BCUT2D eigenvalue weighted by molar-refractivity contribution is 0.0512. The number of carbonyl (C=O) groups is 1. The second kappa shape index (κ2) is 7.45. The molecule has 122 valence electrons. The molecule has 24 heavy (non-hydrogen) atoms. The number of ether oxygens (including phenoxy) is 1. The van der Waals surface area contributed by atoms with E-state index in [1.54, 1.807) is 17.7 Å². The summed E-state index contributed by atoms with van der Waals surface area (Å²) < 4.78 is 7.85. The fourth-order valence-corrected chi connectivity index (χ4v) is 2.85. The number of halogens is 1. The van der Waals surface area contributed by atoms with E-state index in [9.17, 15) is 4.79 Å². The number of esters is 1. The molecule has 0 aliphatic heterocycles. The summed E-state index contributed by atoms with van der Waals surface area (Å²) in [7, 11) is 0. The van der Waals surface area contributed by atoms with Crippen molar-refractivity contribution < 1.29 is 9.53 Å². The first kappa shape index (κ1) is 16.5. The van der Waals surface area contributed by atoms with Crippen molar-refractivity contribution in [1.29, 1.82) is 0 Å². The van der Waals surface area contributed by atoms with Gasteiger partial charge in [-0.1, -0.05) is 64.5 Å². The van der Waals surface area contributed by atoms with Crippen LogP contribution in [0.3, 0.4) is 0 Å². The number of hydrogen-bond donors (Lipinski definition) is 0. The van der Waals surface area contributed by atoms with E-state index in [4.69, 9.17) is 4.74 Å². The van der Waals surface area contributed by atoms with Crippen molar-refractivity contribution in [2.75, 3.05) is 6.61 Å². The van der Waals surface area contributed by atoms with Crippen molar-refractivity contribution in [3.05, 3.63) is 76.4 Å². The topological polar surface area (TPSA) is 44.1 Å². The molecule has 0 spiro atoms. The first-order valence-corrected chi connectivity index (χ1v) is 8.52. The second-order valence-electron chi connectivity index (χ2n) is 5.25. The molecule has 3 aromatic rings. The van der Waals surface area contributed by atoms with Gasteiger partial charge in [0.2, 0.25) is 0 Å². The first-order valence-electron chi connectivity index (χ1n) is 7.73. The van der Waals surface area contributed by atoms with E-state index in [1.165, 1.54) is 0 Å². The van der Waals surface area contributed by atoms with Gasteiger partial charge in [-0.25, -0.2) is 4.79 Å². The van der Waals surface area contributed by atoms with Crippen molar-refractivity contribution in [2.45, 2.75) is 13.5 Å². The Morgan fingerprint density at radius 2 is 1.83 bits per heavy atom. The van der Waals surface area contributed by atoms with Crippen LogP contribution in [0.1, 0.15) is 23.0 Å². The lowest BCUT2D eigenvalue weighted by Gasteiger charge is -2.08. The largest absolute Gasteiger partial charge is 0.461 e. The van der Waals surface area contributed by atoms with E-state index in [2.05, 4.69) is 21.0 Å². The number of nitrogens with zero attached hydrogens (tertiary/aromatic N) is 2. The summed E-state index contributed by atoms with van der Waals surface area (Å²) in [5, 5.41) is 4.62. The monoisotopic (exact) mass is 384 g/mol. The van der Waals surface area contributed by atoms with Gasteiger partial charge in [0, 0.05) is 10.0 Å². The number of carbonyl (C=O) groups excluding carboxylic acids is 1. The molecule has 2 aromatic carbocycles. The van der Waals surface area contributed by atoms with Crippen LogP contribution in [0.25, 0.3) is 11.3 Å². The third-order valence-electron chi connectivity index (χ3n) is 3.61. The second-order valence-corrected chi connectivity index (χ2v) is 6.10. The third kappa shape index (κ3) is 3.57. The molecule has 0 saturated heterocycles. The predicted molar refractivity (Wildman–Crippen MR) is 96.9 cm³/mol. The molecule has 0 aliphatic rings. The summed E-state index contributed by atoms with van der Waals surface area (Å²) in [4.78, 5) is 12.3. The molecule has 0 bridgehead atoms. The fraction of sp³-hybridized carbons (Fsp3) is 0.158. The highest BCUT2D eigenvalue weighted by Gasteiger charge is 2.18. The Bertz CT molecular complexity index is 844. The van der Waals surface area contributed by atoms with Crippen LogP contribution in [0.4, 0.5) is 0 Å². The average Bonchev–Trinajstić information content (AvgIpc) is 3.02. The molecule has 3 rings (SSSR count). The molecule has 0 fully saturated rings. The Hall–Kier alpha value is -2.40. The van der Waals surface area contributed by atoms with E-state index in [0.717, 1.165) is 21.3 Å². The van der Waals surface area contributed by atoms with Crippen LogP contribution in [-0.4, -0.2) is 22.4 Å². The molecule has 0 atom stereocenters. The van der Waals surface area contributed by atoms with Gasteiger partial charge in [-0.05, 0) is 24.6 Å². The maximum absolute atomic E-state index is 12.3. The molecule has 1 heterocycles. The summed E-state index contributed by atoms with van der Waals surface area (Å²) in [6.45, 7) is 2.62. The minimum atomic E-state index is -0.362. The van der Waals surface area contributed by atoms with Crippen molar-refractivity contribution in [2.24, 2.45) is 0 Å². The van der Waals surface area contributed by atoms with Crippen molar-refractivity contribution in [1.82, 2.24) is 9.78 Å². The summed E-state index contributed by atoms with van der Waals surface area (Å²) in [6.07, 6.45) is 0. The van der Waals surface area contributed by atoms with Crippen molar-refractivity contribution in [3.8, 4) is 11.3 Å². The van der Waals surface area contributed by atoms with Gasteiger partial charge in [-0.2, -0.15) is 5.10 Å². The minimum Gasteiger partial charge on any atom is -0.461 e. The van der Waals surface area contributed by atoms with Gasteiger partial charge >= 0.3 is 5.97 Å². The Kier molecular flexibility index (Phi) is 5.11. The van der Waals surface area contributed by atoms with Crippen molar-refractivity contribution >= 4 is 21.9 Å². The SMILES string of the molecule is CCOC(=O)c1cc(-c2ccccc2)nn1Cc1ccccc1Br. The third-order valence-corrected chi connectivity index (χ3v) is 4.39. The lowest BCUT2D eigenvalue weighted by Crippen LogP contribution is -2.14. The van der Waals surface area contributed by atoms with E-state index < -0.39 is 0 Å². The summed E-state index contributed by atoms with van der Waals surface area (Å²) >= 11 is 3.54. The number of rotatable bonds is 5. The standard InChI is InChI=1S/C19H17BrN2O2/c1-2-24-19(23)18-12-17(14-8-4-3-5-9-14)21-22(18)13-15-10-6-7-11-16(15)20/h3-12H,2,13H2,1H3. The molecule has 0 N–H and O–H groups in total. The van der Waals surface area contributed by atoms with E-state index in [1.807, 2.05) is 54.6 Å². The zero-order valence-corrected chi connectivity index (χ0v) is 14.9. The van der Waals surface area contributed by atoms with Crippen LogP contribution in [0.2, 0.25) is 0 Å². The highest BCUT2D eigenvalue weighted by Crippen LogP contribution is 2.22. The minimum absolute atomic E-state index is 0.333. The molecule has 0 amide bonds. The van der Waals surface area contributed by atoms with Gasteiger partial charge in [-0.3, -0.25) is 4.68 Å². The van der Waals surface area contributed by atoms with E-state index in [0.29, 0.717) is 18.8 Å². The smallest absolute Gasteiger partial charge is 0.356 e. The number of hydrogen-bond acceptors (Lipinski definition) is 3. The van der Waals surface area contributed by atoms with Crippen LogP contribution >= 0.6 is 15.9 Å². The van der Waals surface area contributed by atoms with Gasteiger partial charge in [-0.15, -0.1) is 0 Å².